The van der Waals surface area contributed by atoms with Gasteiger partial charge < -0.3 is 5.32 Å². The Balaban J connectivity index is 2.10. The van der Waals surface area contributed by atoms with Crippen LogP contribution in [0, 0.1) is 16.7 Å². The summed E-state index contributed by atoms with van der Waals surface area (Å²) in [7, 11) is 0. The van der Waals surface area contributed by atoms with Crippen molar-refractivity contribution < 1.29 is 17.9 Å². The first kappa shape index (κ1) is 13.8. The largest absolute Gasteiger partial charge is 0.522 e. The lowest BCUT2D eigenvalue weighted by Gasteiger charge is -2.08. The second-order valence-corrected chi connectivity index (χ2v) is 5.49. The molecule has 0 atom stereocenters. The van der Waals surface area contributed by atoms with Crippen LogP contribution < -0.4 is 5.32 Å². The molecule has 1 aliphatic rings. The molecule has 0 aromatic heterocycles. The van der Waals surface area contributed by atoms with E-state index in [-0.39, 0.29) is 24.0 Å². The van der Waals surface area contributed by atoms with Gasteiger partial charge in [-0.25, -0.2) is 0 Å². The van der Waals surface area contributed by atoms with Crippen LogP contribution in [0.1, 0.15) is 27.7 Å². The lowest BCUT2D eigenvalue weighted by atomic mass is 10.0. The molecule has 1 saturated carbocycles. The molecule has 0 saturated heterocycles. The van der Waals surface area contributed by atoms with Crippen molar-refractivity contribution in [2.75, 3.05) is 19.7 Å². The van der Waals surface area contributed by atoms with Gasteiger partial charge in [0.2, 0.25) is 0 Å². The molecule has 0 aromatic carbocycles. The van der Waals surface area contributed by atoms with Crippen LogP contribution in [0.25, 0.3) is 0 Å². The molecular formula is C11H20F3NO. The Hall–Kier alpha value is -0.290. The van der Waals surface area contributed by atoms with Gasteiger partial charge >= 0.3 is 6.36 Å². The molecule has 0 heterocycles. The Kier molecular flexibility index (Phi) is 3.60. The normalized spacial score (nSPS) is 23.4. The fraction of sp³-hybridized carbons (Fsp3) is 1.00. The maximum Gasteiger partial charge on any atom is 0.522 e. The van der Waals surface area contributed by atoms with Gasteiger partial charge in [-0.2, -0.15) is 0 Å². The zero-order valence-electron chi connectivity index (χ0n) is 10.2. The van der Waals surface area contributed by atoms with E-state index in [9.17, 15) is 13.2 Å². The first-order valence-corrected chi connectivity index (χ1v) is 5.50. The van der Waals surface area contributed by atoms with Crippen molar-refractivity contribution >= 4 is 0 Å². The molecule has 0 radical (unpaired) electrons. The molecule has 0 amide bonds. The average Bonchev–Trinajstić information content (AvgIpc) is 2.44. The van der Waals surface area contributed by atoms with Crippen LogP contribution in [-0.2, 0) is 4.74 Å². The number of nitrogens with one attached hydrogen (secondary N) is 1. The maximum atomic E-state index is 11.7. The van der Waals surface area contributed by atoms with E-state index < -0.39 is 6.36 Å². The Morgan fingerprint density at radius 1 is 1.12 bits per heavy atom. The fourth-order valence-electron chi connectivity index (χ4n) is 2.33. The van der Waals surface area contributed by atoms with E-state index in [0.717, 1.165) is 6.54 Å². The highest BCUT2D eigenvalue weighted by molar-refractivity contribution is 5.12. The molecule has 16 heavy (non-hydrogen) atoms. The zero-order valence-corrected chi connectivity index (χ0v) is 10.2. The van der Waals surface area contributed by atoms with Crippen LogP contribution >= 0.6 is 0 Å². The number of ether oxygens (including phenoxy) is 1. The Morgan fingerprint density at radius 3 is 2.00 bits per heavy atom. The molecule has 5 heteroatoms. The van der Waals surface area contributed by atoms with Crippen LogP contribution in [0.5, 0.6) is 0 Å². The fourth-order valence-corrected chi connectivity index (χ4v) is 2.33. The lowest BCUT2D eigenvalue weighted by Crippen LogP contribution is -2.26. The summed E-state index contributed by atoms with van der Waals surface area (Å²) in [5.41, 5.74) is 0.537. The minimum atomic E-state index is -4.51. The van der Waals surface area contributed by atoms with Crippen LogP contribution in [0.15, 0.2) is 0 Å². The quantitative estimate of drug-likeness (QED) is 0.745. The van der Waals surface area contributed by atoms with Crippen molar-refractivity contribution in [2.45, 2.75) is 34.1 Å². The van der Waals surface area contributed by atoms with Crippen molar-refractivity contribution in [3.8, 4) is 0 Å². The van der Waals surface area contributed by atoms with Crippen molar-refractivity contribution in [1.29, 1.82) is 0 Å². The van der Waals surface area contributed by atoms with E-state index >= 15 is 0 Å². The standard InChI is InChI=1S/C11H20F3NO/c1-9(2)8(10(9,3)4)7-15-5-6-16-11(12,13)14/h8,15H,5-7H2,1-4H3. The van der Waals surface area contributed by atoms with Gasteiger partial charge in [-0.05, 0) is 23.3 Å². The summed E-state index contributed by atoms with van der Waals surface area (Å²) >= 11 is 0. The minimum absolute atomic E-state index is 0.238. The molecular weight excluding hydrogens is 219 g/mol. The first-order valence-electron chi connectivity index (χ1n) is 5.50. The topological polar surface area (TPSA) is 21.3 Å². The number of rotatable bonds is 5. The van der Waals surface area contributed by atoms with Gasteiger partial charge in [-0.3, -0.25) is 4.74 Å². The average molecular weight is 239 g/mol. The van der Waals surface area contributed by atoms with Crippen molar-refractivity contribution in [3.05, 3.63) is 0 Å². The summed E-state index contributed by atoms with van der Waals surface area (Å²) in [6.45, 7) is 9.41. The summed E-state index contributed by atoms with van der Waals surface area (Å²) in [6, 6.07) is 0. The lowest BCUT2D eigenvalue weighted by molar-refractivity contribution is -0.323. The molecule has 0 aliphatic heterocycles. The smallest absolute Gasteiger partial charge is 0.314 e. The number of alkyl halides is 3. The predicted molar refractivity (Wildman–Crippen MR) is 55.9 cm³/mol. The van der Waals surface area contributed by atoms with E-state index in [2.05, 4.69) is 37.7 Å². The highest BCUT2D eigenvalue weighted by atomic mass is 19.4. The van der Waals surface area contributed by atoms with E-state index in [4.69, 9.17) is 0 Å². The Labute approximate surface area is 94.5 Å². The molecule has 1 fully saturated rings. The number of hydrogen-bond donors (Lipinski definition) is 1. The maximum absolute atomic E-state index is 11.7. The van der Waals surface area contributed by atoms with Gasteiger partial charge in [0, 0.05) is 6.54 Å². The molecule has 0 spiro atoms. The summed E-state index contributed by atoms with van der Waals surface area (Å²) in [5, 5.41) is 3.01. The van der Waals surface area contributed by atoms with Crippen LogP contribution in [0.4, 0.5) is 13.2 Å². The second-order valence-electron chi connectivity index (χ2n) is 5.49. The third-order valence-corrected chi connectivity index (χ3v) is 4.21. The van der Waals surface area contributed by atoms with Gasteiger partial charge in [-0.15, -0.1) is 13.2 Å². The first-order chi connectivity index (χ1) is 7.09. The second kappa shape index (κ2) is 4.18. The van der Waals surface area contributed by atoms with Gasteiger partial charge in [0.25, 0.3) is 0 Å². The SMILES string of the molecule is CC1(C)C(CNCCOC(F)(F)F)C1(C)C. The summed E-state index contributed by atoms with van der Waals surface area (Å²) in [6.07, 6.45) is -4.51. The molecule has 1 rings (SSSR count). The van der Waals surface area contributed by atoms with Crippen molar-refractivity contribution in [2.24, 2.45) is 16.7 Å². The third-order valence-electron chi connectivity index (χ3n) is 4.21. The molecule has 1 N–H and O–H groups in total. The Morgan fingerprint density at radius 2 is 1.62 bits per heavy atom. The summed E-state index contributed by atoms with van der Waals surface area (Å²) < 4.78 is 38.6. The molecule has 0 aromatic rings. The molecule has 96 valence electrons. The van der Waals surface area contributed by atoms with Crippen molar-refractivity contribution in [3.63, 3.8) is 0 Å². The summed E-state index contributed by atoms with van der Waals surface area (Å²) in [4.78, 5) is 0. The van der Waals surface area contributed by atoms with Gasteiger partial charge in [0.15, 0.2) is 0 Å². The zero-order chi connectivity index (χ0) is 12.6. The van der Waals surface area contributed by atoms with Crippen LogP contribution in [0.3, 0.4) is 0 Å². The van der Waals surface area contributed by atoms with E-state index in [1.54, 1.807) is 0 Å². The van der Waals surface area contributed by atoms with Gasteiger partial charge in [0.05, 0.1) is 6.61 Å². The predicted octanol–water partition coefficient (Wildman–Crippen LogP) is 2.79. The Bertz CT molecular complexity index is 234. The molecule has 0 unspecified atom stereocenters. The highest BCUT2D eigenvalue weighted by Gasteiger charge is 2.63. The summed E-state index contributed by atoms with van der Waals surface area (Å²) in [5.74, 6) is 0.519. The monoisotopic (exact) mass is 239 g/mol. The molecule has 1 aliphatic carbocycles. The number of halogens is 3. The van der Waals surface area contributed by atoms with Crippen LogP contribution in [-0.4, -0.2) is 26.1 Å². The van der Waals surface area contributed by atoms with E-state index in [1.165, 1.54) is 0 Å². The number of hydrogen-bond acceptors (Lipinski definition) is 2. The van der Waals surface area contributed by atoms with Crippen LogP contribution in [0.2, 0.25) is 0 Å². The van der Waals surface area contributed by atoms with Gasteiger partial charge in [-0.1, -0.05) is 27.7 Å². The van der Waals surface area contributed by atoms with E-state index in [0.29, 0.717) is 5.92 Å². The van der Waals surface area contributed by atoms with Crippen molar-refractivity contribution in [1.82, 2.24) is 5.32 Å². The minimum Gasteiger partial charge on any atom is -0.314 e. The molecule has 2 nitrogen and oxygen atoms in total. The third kappa shape index (κ3) is 2.88. The highest BCUT2D eigenvalue weighted by Crippen LogP contribution is 2.67. The van der Waals surface area contributed by atoms with Gasteiger partial charge in [0.1, 0.15) is 0 Å². The van der Waals surface area contributed by atoms with E-state index in [1.807, 2.05) is 0 Å². The molecule has 0 bridgehead atoms.